The lowest BCUT2D eigenvalue weighted by molar-refractivity contribution is 0.102. The lowest BCUT2D eigenvalue weighted by Gasteiger charge is -2.08. The van der Waals surface area contributed by atoms with E-state index in [-0.39, 0.29) is 18.1 Å². The van der Waals surface area contributed by atoms with Gasteiger partial charge < -0.3 is 14.8 Å². The third-order valence-electron chi connectivity index (χ3n) is 3.65. The Morgan fingerprint density at radius 3 is 2.61 bits per heavy atom. The maximum Gasteiger partial charge on any atom is 0.273 e. The van der Waals surface area contributed by atoms with Crippen LogP contribution in [0, 0.1) is 11.6 Å². The Hall–Kier alpha value is -3.20. The zero-order valence-electron chi connectivity index (χ0n) is 15.0. The van der Waals surface area contributed by atoms with Gasteiger partial charge in [-0.05, 0) is 25.1 Å². The number of aromatic nitrogens is 3. The first-order chi connectivity index (χ1) is 13.0. The number of benzene rings is 1. The summed E-state index contributed by atoms with van der Waals surface area (Å²) in [6.07, 6.45) is 1.50. The van der Waals surface area contributed by atoms with E-state index in [4.69, 9.17) is 9.47 Å². The minimum atomic E-state index is -0.875. The number of aromatic amines is 1. The first-order valence-electron chi connectivity index (χ1n) is 8.01. The van der Waals surface area contributed by atoms with Gasteiger partial charge >= 0.3 is 0 Å². The zero-order chi connectivity index (χ0) is 19.4. The van der Waals surface area contributed by atoms with E-state index in [9.17, 15) is 13.6 Å². The van der Waals surface area contributed by atoms with Gasteiger partial charge in [0.1, 0.15) is 28.8 Å². The number of rotatable bonds is 6. The molecule has 0 unspecified atom stereocenters. The Balaban J connectivity index is 0.00000280. The van der Waals surface area contributed by atoms with Crippen LogP contribution < -0.4 is 14.8 Å². The molecule has 1 amide bonds. The number of nitrogens with zero attached hydrogens (tertiary/aromatic N) is 2. The molecule has 1 aromatic carbocycles. The van der Waals surface area contributed by atoms with Gasteiger partial charge in [0, 0.05) is 12.3 Å². The van der Waals surface area contributed by atoms with Crippen molar-refractivity contribution >= 4 is 24.0 Å². The molecule has 7 nitrogen and oxygen atoms in total. The van der Waals surface area contributed by atoms with E-state index in [1.165, 1.54) is 25.4 Å². The zero-order valence-corrected chi connectivity index (χ0v) is 15.8. The summed E-state index contributed by atoms with van der Waals surface area (Å²) >= 11 is 0. The molecule has 0 bridgehead atoms. The van der Waals surface area contributed by atoms with Crippen molar-refractivity contribution in [3.63, 3.8) is 0 Å². The molecule has 0 fully saturated rings. The standard InChI is InChI=1S/C18H16F2N4O3.ClH/c1-3-27-16-8-15(26-2)10(9-21-16)13-7-14(24-23-13)18(25)22-17-11(19)5-4-6-12(17)20;/h4-9H,3H2,1-2H3,(H,22,25)(H,23,24);1H. The number of carbonyl (C=O) groups is 1. The predicted octanol–water partition coefficient (Wildman–Crippen LogP) is 3.83. The first-order valence-corrected chi connectivity index (χ1v) is 8.01. The molecule has 10 heteroatoms. The number of hydrogen-bond acceptors (Lipinski definition) is 5. The normalized spacial score (nSPS) is 10.1. The smallest absolute Gasteiger partial charge is 0.273 e. The minimum Gasteiger partial charge on any atom is -0.496 e. The van der Waals surface area contributed by atoms with E-state index in [0.717, 1.165) is 12.1 Å². The molecule has 28 heavy (non-hydrogen) atoms. The van der Waals surface area contributed by atoms with E-state index < -0.39 is 23.2 Å². The highest BCUT2D eigenvalue weighted by Crippen LogP contribution is 2.31. The molecule has 0 atom stereocenters. The van der Waals surface area contributed by atoms with Crippen LogP contribution in [-0.2, 0) is 0 Å². The molecule has 3 rings (SSSR count). The van der Waals surface area contributed by atoms with Crippen LogP contribution >= 0.6 is 12.4 Å². The number of hydrogen-bond donors (Lipinski definition) is 2. The summed E-state index contributed by atoms with van der Waals surface area (Å²) in [6.45, 7) is 2.29. The number of nitrogens with one attached hydrogen (secondary N) is 2. The van der Waals surface area contributed by atoms with E-state index in [0.29, 0.717) is 29.5 Å². The minimum absolute atomic E-state index is 0. The van der Waals surface area contributed by atoms with Crippen LogP contribution in [0.2, 0.25) is 0 Å². The van der Waals surface area contributed by atoms with Crippen LogP contribution in [0.1, 0.15) is 17.4 Å². The van der Waals surface area contributed by atoms with E-state index in [1.54, 1.807) is 6.07 Å². The lowest BCUT2D eigenvalue weighted by Crippen LogP contribution is -2.14. The Labute approximate surface area is 165 Å². The highest BCUT2D eigenvalue weighted by Gasteiger charge is 2.18. The Morgan fingerprint density at radius 2 is 1.96 bits per heavy atom. The maximum absolute atomic E-state index is 13.7. The second-order valence-corrected chi connectivity index (χ2v) is 5.37. The van der Waals surface area contributed by atoms with Gasteiger partial charge in [-0.25, -0.2) is 13.8 Å². The molecule has 0 radical (unpaired) electrons. The molecule has 0 saturated carbocycles. The molecule has 2 aromatic heterocycles. The number of amides is 1. The van der Waals surface area contributed by atoms with Crippen molar-refractivity contribution < 1.29 is 23.0 Å². The molecule has 2 N–H and O–H groups in total. The van der Waals surface area contributed by atoms with Gasteiger partial charge in [-0.15, -0.1) is 12.4 Å². The SMILES string of the molecule is CCOc1cc(OC)c(-c2cc(C(=O)Nc3c(F)cccc3F)[nH]n2)cn1.Cl. The summed E-state index contributed by atoms with van der Waals surface area (Å²) in [5, 5.41) is 8.76. The third kappa shape index (κ3) is 4.37. The molecular weight excluding hydrogens is 394 g/mol. The molecular formula is C18H17ClF2N4O3. The molecule has 0 aliphatic carbocycles. The second kappa shape index (κ2) is 9.14. The summed E-state index contributed by atoms with van der Waals surface area (Å²) in [5.41, 5.74) is 0.387. The van der Waals surface area contributed by atoms with Crippen LogP contribution in [0.15, 0.2) is 36.5 Å². The van der Waals surface area contributed by atoms with Gasteiger partial charge in [0.05, 0.1) is 25.0 Å². The van der Waals surface area contributed by atoms with Crippen molar-refractivity contribution in [2.24, 2.45) is 0 Å². The van der Waals surface area contributed by atoms with Gasteiger partial charge in [-0.1, -0.05) is 6.07 Å². The van der Waals surface area contributed by atoms with Crippen LogP contribution in [0.3, 0.4) is 0 Å². The lowest BCUT2D eigenvalue weighted by atomic mass is 10.2. The molecule has 0 aliphatic rings. The average Bonchev–Trinajstić information content (AvgIpc) is 3.15. The fraction of sp³-hybridized carbons (Fsp3) is 0.167. The number of ether oxygens (including phenoxy) is 2. The molecule has 0 spiro atoms. The Morgan fingerprint density at radius 1 is 1.25 bits per heavy atom. The summed E-state index contributed by atoms with van der Waals surface area (Å²) in [5.74, 6) is -1.65. The highest BCUT2D eigenvalue weighted by atomic mass is 35.5. The second-order valence-electron chi connectivity index (χ2n) is 5.37. The van der Waals surface area contributed by atoms with E-state index in [2.05, 4.69) is 20.5 Å². The third-order valence-corrected chi connectivity index (χ3v) is 3.65. The fourth-order valence-electron chi connectivity index (χ4n) is 2.38. The molecule has 2 heterocycles. The summed E-state index contributed by atoms with van der Waals surface area (Å²) < 4.78 is 38.0. The van der Waals surface area contributed by atoms with E-state index in [1.807, 2.05) is 6.92 Å². The number of carbonyl (C=O) groups excluding carboxylic acids is 1. The van der Waals surface area contributed by atoms with Crippen LogP contribution in [0.5, 0.6) is 11.6 Å². The summed E-state index contributed by atoms with van der Waals surface area (Å²) in [6, 6.07) is 6.33. The van der Waals surface area contributed by atoms with Gasteiger partial charge in [0.15, 0.2) is 0 Å². The van der Waals surface area contributed by atoms with Gasteiger partial charge in [0.2, 0.25) is 5.88 Å². The van der Waals surface area contributed by atoms with Crippen molar-refractivity contribution in [3.05, 3.63) is 53.9 Å². The molecule has 3 aromatic rings. The summed E-state index contributed by atoms with van der Waals surface area (Å²) in [4.78, 5) is 16.4. The predicted molar refractivity (Wildman–Crippen MR) is 101 cm³/mol. The Bertz CT molecular complexity index is 961. The quantitative estimate of drug-likeness (QED) is 0.644. The number of H-pyrrole nitrogens is 1. The highest BCUT2D eigenvalue weighted by molar-refractivity contribution is 6.03. The van der Waals surface area contributed by atoms with Crippen molar-refractivity contribution in [3.8, 4) is 22.9 Å². The monoisotopic (exact) mass is 410 g/mol. The maximum atomic E-state index is 13.7. The number of anilines is 1. The Kier molecular flexibility index (Phi) is 6.89. The van der Waals surface area contributed by atoms with Crippen molar-refractivity contribution in [1.29, 1.82) is 0 Å². The van der Waals surface area contributed by atoms with Crippen LogP contribution in [0.4, 0.5) is 14.5 Å². The topological polar surface area (TPSA) is 89.1 Å². The number of methoxy groups -OCH3 is 1. The van der Waals surface area contributed by atoms with Crippen LogP contribution in [-0.4, -0.2) is 34.8 Å². The van der Waals surface area contributed by atoms with Crippen LogP contribution in [0.25, 0.3) is 11.3 Å². The molecule has 0 aliphatic heterocycles. The fourth-order valence-corrected chi connectivity index (χ4v) is 2.38. The number of para-hydroxylation sites is 1. The first kappa shape index (κ1) is 21.1. The van der Waals surface area contributed by atoms with Gasteiger partial charge in [-0.2, -0.15) is 5.10 Å². The van der Waals surface area contributed by atoms with Gasteiger partial charge in [-0.3, -0.25) is 9.89 Å². The van der Waals surface area contributed by atoms with E-state index >= 15 is 0 Å². The average molecular weight is 411 g/mol. The molecule has 148 valence electrons. The summed E-state index contributed by atoms with van der Waals surface area (Å²) in [7, 11) is 1.48. The molecule has 0 saturated heterocycles. The van der Waals surface area contributed by atoms with Gasteiger partial charge in [0.25, 0.3) is 5.91 Å². The van der Waals surface area contributed by atoms with Crippen molar-refractivity contribution in [2.45, 2.75) is 6.92 Å². The largest absolute Gasteiger partial charge is 0.496 e. The van der Waals surface area contributed by atoms with Crippen molar-refractivity contribution in [2.75, 3.05) is 19.0 Å². The van der Waals surface area contributed by atoms with Crippen molar-refractivity contribution in [1.82, 2.24) is 15.2 Å². The number of halogens is 3. The number of pyridine rings is 1.